The van der Waals surface area contributed by atoms with Crippen LogP contribution in [-0.2, 0) is 11.0 Å². The zero-order valence-corrected chi connectivity index (χ0v) is 23.5. The van der Waals surface area contributed by atoms with Gasteiger partial charge in [0, 0.05) is 10.6 Å². The summed E-state index contributed by atoms with van der Waals surface area (Å²) in [6, 6.07) is 18.5. The van der Waals surface area contributed by atoms with E-state index < -0.39 is 57.8 Å². The van der Waals surface area contributed by atoms with Crippen LogP contribution in [0, 0.1) is 23.3 Å². The van der Waals surface area contributed by atoms with Crippen molar-refractivity contribution in [1.29, 1.82) is 0 Å². The first-order valence-electron chi connectivity index (χ1n) is 12.4. The smallest absolute Gasteiger partial charge is 0.422 e. The number of methoxy groups -OCH3 is 2. The Morgan fingerprint density at radius 2 is 1.32 bits per heavy atom. The van der Waals surface area contributed by atoms with Crippen molar-refractivity contribution >= 4 is 35.0 Å². The van der Waals surface area contributed by atoms with E-state index in [1.807, 2.05) is 0 Å². The van der Waals surface area contributed by atoms with Crippen molar-refractivity contribution in [3.8, 4) is 11.5 Å². The minimum atomic E-state index is -5.74. The van der Waals surface area contributed by atoms with Gasteiger partial charge in [-0.2, -0.15) is 13.2 Å². The zero-order valence-electron chi connectivity index (χ0n) is 22.7. The lowest BCUT2D eigenvalue weighted by molar-refractivity contribution is -0.143. The van der Waals surface area contributed by atoms with E-state index in [4.69, 9.17) is 9.47 Å². The quantitative estimate of drug-likeness (QED) is 0.110. The Kier molecular flexibility index (Phi) is 9.72. The molecular formula is C30H21F7N2O4S. The van der Waals surface area contributed by atoms with E-state index in [-0.39, 0.29) is 28.3 Å². The molecular weight excluding hydrogens is 617 g/mol. The molecule has 2 amide bonds. The number of carbonyl (C=O) groups excluding carboxylic acids is 2. The third kappa shape index (κ3) is 6.75. The second kappa shape index (κ2) is 13.3. The molecule has 4 rings (SSSR count). The topological polar surface area (TPSA) is 76.7 Å². The summed E-state index contributed by atoms with van der Waals surface area (Å²) in [6.07, 6.45) is -5.74. The minimum absolute atomic E-state index is 0.108. The van der Waals surface area contributed by atoms with Gasteiger partial charge in [0.1, 0.15) is 33.6 Å². The number of carbonyl (C=O) groups is 2. The molecule has 4 aromatic carbocycles. The van der Waals surface area contributed by atoms with E-state index in [0.717, 1.165) is 11.8 Å². The van der Waals surface area contributed by atoms with Gasteiger partial charge in [0.25, 0.3) is 5.91 Å². The number of amides is 2. The van der Waals surface area contributed by atoms with Crippen molar-refractivity contribution in [3.63, 3.8) is 0 Å². The van der Waals surface area contributed by atoms with E-state index in [1.54, 1.807) is 53.8 Å². The molecule has 0 aliphatic carbocycles. The highest BCUT2D eigenvalue weighted by Crippen LogP contribution is 2.41. The second-order valence-corrected chi connectivity index (χ2v) is 10.1. The van der Waals surface area contributed by atoms with Gasteiger partial charge in [-0.15, -0.1) is 11.8 Å². The van der Waals surface area contributed by atoms with E-state index in [9.17, 15) is 40.3 Å². The van der Waals surface area contributed by atoms with E-state index in [1.165, 1.54) is 38.5 Å². The number of ether oxygens (including phenoxy) is 2. The van der Waals surface area contributed by atoms with Crippen LogP contribution in [0.3, 0.4) is 0 Å². The number of benzene rings is 4. The van der Waals surface area contributed by atoms with E-state index in [0.29, 0.717) is 4.90 Å². The average molecular weight is 639 g/mol. The molecule has 230 valence electrons. The van der Waals surface area contributed by atoms with Crippen LogP contribution in [0.25, 0.3) is 0 Å². The highest BCUT2D eigenvalue weighted by Gasteiger charge is 2.43. The van der Waals surface area contributed by atoms with E-state index in [2.05, 4.69) is 5.32 Å². The number of thioether (sulfide) groups is 1. The Balaban J connectivity index is 1.65. The second-order valence-electron chi connectivity index (χ2n) is 8.92. The van der Waals surface area contributed by atoms with Crippen molar-refractivity contribution in [2.45, 2.75) is 16.3 Å². The van der Waals surface area contributed by atoms with Gasteiger partial charge in [0.2, 0.25) is 5.91 Å². The summed E-state index contributed by atoms with van der Waals surface area (Å²) in [7, 11) is 2.76. The number of alkyl halides is 3. The molecule has 6 nitrogen and oxygen atoms in total. The summed E-state index contributed by atoms with van der Waals surface area (Å²) in [6.45, 7) is 0. The molecule has 0 saturated carbocycles. The molecule has 4 aromatic rings. The molecule has 1 unspecified atom stereocenters. The van der Waals surface area contributed by atoms with Crippen molar-refractivity contribution in [1.82, 2.24) is 0 Å². The summed E-state index contributed by atoms with van der Waals surface area (Å²) in [4.78, 5) is 26.7. The molecule has 0 aromatic heterocycles. The molecule has 0 saturated heterocycles. The lowest BCUT2D eigenvalue weighted by atomic mass is 10.1. The van der Waals surface area contributed by atoms with Gasteiger partial charge in [-0.1, -0.05) is 42.5 Å². The fourth-order valence-electron chi connectivity index (χ4n) is 4.13. The summed E-state index contributed by atoms with van der Waals surface area (Å²) < 4.78 is 107. The monoisotopic (exact) mass is 638 g/mol. The standard InChI is InChI=1S/C30H21F7N2O4S/c1-42-18-12-7-13-19(43-2)20(18)28(40)38-16-10-6-11-17(14-16)44-27(15-8-4-3-5-9-15)29(41)39-26-24(33)22(31)21(30(35,36)37)23(32)25(26)34/h3-14,27H,1-2H3,(H,38,40)(H,39,41). The van der Waals surface area contributed by atoms with Crippen molar-refractivity contribution in [2.24, 2.45) is 0 Å². The molecule has 0 aliphatic rings. The molecule has 0 spiro atoms. The highest BCUT2D eigenvalue weighted by atomic mass is 32.2. The summed E-state index contributed by atoms with van der Waals surface area (Å²) in [5, 5.41) is 3.05. The summed E-state index contributed by atoms with van der Waals surface area (Å²) in [5.74, 6) is -11.6. The predicted octanol–water partition coefficient (Wildman–Crippen LogP) is 8.00. The van der Waals surface area contributed by atoms with Gasteiger partial charge in [0.05, 0.1) is 14.2 Å². The SMILES string of the molecule is COc1cccc(OC)c1C(=O)Nc1cccc(SC(C(=O)Nc2c(F)c(F)c(C(F)(F)F)c(F)c2F)c2ccccc2)c1. The first kappa shape index (κ1) is 32.2. The van der Waals surface area contributed by atoms with Crippen LogP contribution < -0.4 is 20.1 Å². The predicted molar refractivity (Wildman–Crippen MR) is 149 cm³/mol. The maximum absolute atomic E-state index is 14.5. The fourth-order valence-corrected chi connectivity index (χ4v) is 5.22. The maximum atomic E-state index is 14.5. The molecule has 0 heterocycles. The molecule has 0 aliphatic heterocycles. The summed E-state index contributed by atoms with van der Waals surface area (Å²) in [5.41, 5.74) is -3.83. The van der Waals surface area contributed by atoms with Gasteiger partial charge in [-0.3, -0.25) is 9.59 Å². The summed E-state index contributed by atoms with van der Waals surface area (Å²) >= 11 is 0.824. The van der Waals surface area contributed by atoms with Crippen LogP contribution in [-0.4, -0.2) is 26.0 Å². The zero-order chi connectivity index (χ0) is 32.2. The Morgan fingerprint density at radius 3 is 1.86 bits per heavy atom. The molecule has 2 N–H and O–H groups in total. The maximum Gasteiger partial charge on any atom is 0.422 e. The van der Waals surface area contributed by atoms with Crippen LogP contribution in [0.15, 0.2) is 77.7 Å². The lowest BCUT2D eigenvalue weighted by Gasteiger charge is -2.19. The van der Waals surface area contributed by atoms with Crippen LogP contribution in [0.5, 0.6) is 11.5 Å². The number of rotatable bonds is 9. The minimum Gasteiger partial charge on any atom is -0.496 e. The molecule has 14 heteroatoms. The lowest BCUT2D eigenvalue weighted by Crippen LogP contribution is -2.23. The molecule has 44 heavy (non-hydrogen) atoms. The third-order valence-corrected chi connectivity index (χ3v) is 7.38. The van der Waals surface area contributed by atoms with Crippen molar-refractivity contribution < 1.29 is 49.8 Å². The fraction of sp³-hybridized carbons (Fsp3) is 0.133. The van der Waals surface area contributed by atoms with Crippen LogP contribution in [0.4, 0.5) is 42.1 Å². The highest BCUT2D eigenvalue weighted by molar-refractivity contribution is 8.00. The van der Waals surface area contributed by atoms with Gasteiger partial charge in [0.15, 0.2) is 23.3 Å². The Labute approximate surface area is 250 Å². The largest absolute Gasteiger partial charge is 0.496 e. The van der Waals surface area contributed by atoms with Crippen LogP contribution in [0.1, 0.15) is 26.7 Å². The molecule has 1 atom stereocenters. The first-order valence-corrected chi connectivity index (χ1v) is 13.3. The Morgan fingerprint density at radius 1 is 0.750 bits per heavy atom. The average Bonchev–Trinajstić information content (AvgIpc) is 3.00. The number of anilines is 2. The van der Waals surface area contributed by atoms with Gasteiger partial charge in [-0.25, -0.2) is 17.6 Å². The third-order valence-electron chi connectivity index (χ3n) is 6.14. The van der Waals surface area contributed by atoms with Gasteiger partial charge < -0.3 is 20.1 Å². The Hall–Kier alpha value is -4.72. The number of hydrogen-bond acceptors (Lipinski definition) is 5. The van der Waals surface area contributed by atoms with Crippen LogP contribution in [0.2, 0.25) is 0 Å². The molecule has 0 fully saturated rings. The Bertz CT molecular complexity index is 1650. The van der Waals surface area contributed by atoms with Crippen molar-refractivity contribution in [3.05, 3.63) is 113 Å². The normalized spacial score (nSPS) is 11.9. The van der Waals surface area contributed by atoms with Crippen LogP contribution >= 0.6 is 11.8 Å². The number of hydrogen-bond donors (Lipinski definition) is 2. The number of halogens is 7. The first-order chi connectivity index (χ1) is 20.9. The number of nitrogens with one attached hydrogen (secondary N) is 2. The van der Waals surface area contributed by atoms with Crippen molar-refractivity contribution in [2.75, 3.05) is 24.9 Å². The van der Waals surface area contributed by atoms with E-state index >= 15 is 0 Å². The van der Waals surface area contributed by atoms with Gasteiger partial charge in [-0.05, 0) is 35.9 Å². The molecule has 0 radical (unpaired) electrons. The van der Waals surface area contributed by atoms with Gasteiger partial charge >= 0.3 is 6.18 Å². The molecule has 0 bridgehead atoms.